The Bertz CT molecular complexity index is 835. The molecule has 29 heavy (non-hydrogen) atoms. The first kappa shape index (κ1) is 21.2. The third-order valence-electron chi connectivity index (χ3n) is 5.28. The van der Waals surface area contributed by atoms with Gasteiger partial charge in [-0.2, -0.15) is 0 Å². The van der Waals surface area contributed by atoms with Gasteiger partial charge in [-0.15, -0.1) is 0 Å². The van der Waals surface area contributed by atoms with Crippen molar-refractivity contribution in [1.29, 1.82) is 0 Å². The van der Waals surface area contributed by atoms with Gasteiger partial charge in [0.2, 0.25) is 5.91 Å². The first-order valence-electron chi connectivity index (χ1n) is 10.2. The standard InChI is InChI=1S/C23H28ClN3O2/c1-16(17-8-4-2-5-9-17)26-22(28)15-25-19-12-13-21(24)20(14-19)23(29)27-18-10-6-3-7-11-18/h2,4-5,8-9,12-14,16,18,25H,3,6-7,10-11,15H2,1H3,(H,26,28)(H,27,29). The predicted molar refractivity (Wildman–Crippen MR) is 117 cm³/mol. The Morgan fingerprint density at radius 1 is 1.07 bits per heavy atom. The molecule has 0 heterocycles. The summed E-state index contributed by atoms with van der Waals surface area (Å²) >= 11 is 6.24. The van der Waals surface area contributed by atoms with Gasteiger partial charge in [-0.1, -0.05) is 61.2 Å². The quantitative estimate of drug-likeness (QED) is 0.616. The molecule has 2 amide bonds. The molecule has 3 rings (SSSR count). The van der Waals surface area contributed by atoms with E-state index in [-0.39, 0.29) is 30.4 Å². The molecule has 1 unspecified atom stereocenters. The predicted octanol–water partition coefficient (Wildman–Crippen LogP) is 4.69. The molecule has 2 aromatic rings. The number of amides is 2. The monoisotopic (exact) mass is 413 g/mol. The van der Waals surface area contributed by atoms with E-state index in [0.29, 0.717) is 16.3 Å². The van der Waals surface area contributed by atoms with Gasteiger partial charge in [0, 0.05) is 11.7 Å². The number of carbonyl (C=O) groups excluding carboxylic acids is 2. The Labute approximate surface area is 177 Å². The molecule has 0 bridgehead atoms. The van der Waals surface area contributed by atoms with Gasteiger partial charge in [-0.25, -0.2) is 0 Å². The Morgan fingerprint density at radius 2 is 1.79 bits per heavy atom. The van der Waals surface area contributed by atoms with Gasteiger partial charge in [-0.05, 0) is 43.5 Å². The Balaban J connectivity index is 1.55. The first-order valence-corrected chi connectivity index (χ1v) is 10.6. The molecular formula is C23H28ClN3O2. The van der Waals surface area contributed by atoms with Crippen LogP contribution < -0.4 is 16.0 Å². The normalized spacial score (nSPS) is 15.4. The highest BCUT2D eigenvalue weighted by Crippen LogP contribution is 2.23. The summed E-state index contributed by atoms with van der Waals surface area (Å²) in [5.74, 6) is -0.280. The SMILES string of the molecule is CC(NC(=O)CNc1ccc(Cl)c(C(=O)NC2CCCCC2)c1)c1ccccc1. The van der Waals surface area contributed by atoms with E-state index in [2.05, 4.69) is 16.0 Å². The number of rotatable bonds is 7. The van der Waals surface area contributed by atoms with Gasteiger partial charge in [0.05, 0.1) is 23.2 Å². The molecular weight excluding hydrogens is 386 g/mol. The second kappa shape index (κ2) is 10.3. The molecule has 1 atom stereocenters. The lowest BCUT2D eigenvalue weighted by Crippen LogP contribution is -2.36. The minimum absolute atomic E-state index is 0.0763. The molecule has 5 nitrogen and oxygen atoms in total. The van der Waals surface area contributed by atoms with Gasteiger partial charge in [0.15, 0.2) is 0 Å². The van der Waals surface area contributed by atoms with Crippen molar-refractivity contribution >= 4 is 29.1 Å². The molecule has 1 aliphatic rings. The maximum atomic E-state index is 12.6. The molecule has 1 fully saturated rings. The molecule has 0 aliphatic heterocycles. The minimum Gasteiger partial charge on any atom is -0.376 e. The zero-order valence-electron chi connectivity index (χ0n) is 16.7. The Kier molecular flexibility index (Phi) is 7.53. The van der Waals surface area contributed by atoms with Crippen molar-refractivity contribution in [2.24, 2.45) is 0 Å². The molecule has 2 aromatic carbocycles. The summed E-state index contributed by atoms with van der Waals surface area (Å²) in [7, 11) is 0. The van der Waals surface area contributed by atoms with Crippen molar-refractivity contribution < 1.29 is 9.59 Å². The summed E-state index contributed by atoms with van der Waals surface area (Å²) in [6.45, 7) is 2.06. The molecule has 3 N–H and O–H groups in total. The largest absolute Gasteiger partial charge is 0.376 e. The van der Waals surface area contributed by atoms with Crippen LogP contribution in [0.2, 0.25) is 5.02 Å². The fourth-order valence-corrected chi connectivity index (χ4v) is 3.82. The summed E-state index contributed by atoms with van der Waals surface area (Å²) in [6.07, 6.45) is 5.56. The Hall–Kier alpha value is -2.53. The summed E-state index contributed by atoms with van der Waals surface area (Å²) in [4.78, 5) is 24.9. The summed E-state index contributed by atoms with van der Waals surface area (Å²) in [5.41, 5.74) is 2.17. The second-order valence-corrected chi connectivity index (χ2v) is 7.96. The first-order chi connectivity index (χ1) is 14.0. The maximum Gasteiger partial charge on any atom is 0.253 e. The molecule has 0 aromatic heterocycles. The van der Waals surface area contributed by atoms with Crippen molar-refractivity contribution in [3.63, 3.8) is 0 Å². The highest BCUT2D eigenvalue weighted by molar-refractivity contribution is 6.34. The van der Waals surface area contributed by atoms with Gasteiger partial charge in [-0.3, -0.25) is 9.59 Å². The van der Waals surface area contributed by atoms with Crippen LogP contribution in [0.3, 0.4) is 0 Å². The molecule has 0 radical (unpaired) electrons. The topological polar surface area (TPSA) is 70.2 Å². The van der Waals surface area contributed by atoms with Crippen molar-refractivity contribution in [2.75, 3.05) is 11.9 Å². The summed E-state index contributed by atoms with van der Waals surface area (Å²) in [6, 6.07) is 15.1. The van der Waals surface area contributed by atoms with Gasteiger partial charge in [0.25, 0.3) is 5.91 Å². The van der Waals surface area contributed by atoms with Crippen LogP contribution in [0.15, 0.2) is 48.5 Å². The van der Waals surface area contributed by atoms with Gasteiger partial charge in [0.1, 0.15) is 0 Å². The van der Waals surface area contributed by atoms with Crippen molar-refractivity contribution in [3.8, 4) is 0 Å². The van der Waals surface area contributed by atoms with E-state index in [0.717, 1.165) is 31.2 Å². The zero-order chi connectivity index (χ0) is 20.6. The number of nitrogens with one attached hydrogen (secondary N) is 3. The van der Waals surface area contributed by atoms with Crippen molar-refractivity contribution in [1.82, 2.24) is 10.6 Å². The minimum atomic E-state index is -0.160. The molecule has 1 aliphatic carbocycles. The summed E-state index contributed by atoms with van der Waals surface area (Å²) < 4.78 is 0. The smallest absolute Gasteiger partial charge is 0.253 e. The summed E-state index contributed by atoms with van der Waals surface area (Å²) in [5, 5.41) is 9.53. The van der Waals surface area contributed by atoms with E-state index in [1.807, 2.05) is 37.3 Å². The van der Waals surface area contributed by atoms with Crippen molar-refractivity contribution in [3.05, 3.63) is 64.7 Å². The average molecular weight is 414 g/mol. The maximum absolute atomic E-state index is 12.6. The molecule has 154 valence electrons. The molecule has 1 saturated carbocycles. The third kappa shape index (κ3) is 6.23. The van der Waals surface area contributed by atoms with Crippen LogP contribution in [0.1, 0.15) is 61.0 Å². The van der Waals surface area contributed by atoms with E-state index in [1.54, 1.807) is 18.2 Å². The van der Waals surface area contributed by atoms with Crippen LogP contribution >= 0.6 is 11.6 Å². The van der Waals surface area contributed by atoms with E-state index < -0.39 is 0 Å². The zero-order valence-corrected chi connectivity index (χ0v) is 17.5. The fourth-order valence-electron chi connectivity index (χ4n) is 3.62. The van der Waals surface area contributed by atoms with Crippen LogP contribution in [0, 0.1) is 0 Å². The molecule has 0 spiro atoms. The lowest BCUT2D eigenvalue weighted by molar-refractivity contribution is -0.120. The van der Waals surface area contributed by atoms with E-state index >= 15 is 0 Å². The number of benzene rings is 2. The van der Waals surface area contributed by atoms with Crippen LogP contribution in [0.4, 0.5) is 5.69 Å². The van der Waals surface area contributed by atoms with Crippen LogP contribution in [0.25, 0.3) is 0 Å². The van der Waals surface area contributed by atoms with Crippen molar-refractivity contribution in [2.45, 2.75) is 51.1 Å². The number of hydrogen-bond donors (Lipinski definition) is 3. The third-order valence-corrected chi connectivity index (χ3v) is 5.61. The lowest BCUT2D eigenvalue weighted by Gasteiger charge is -2.23. The number of anilines is 1. The van der Waals surface area contributed by atoms with Crippen LogP contribution in [0.5, 0.6) is 0 Å². The number of carbonyl (C=O) groups is 2. The highest BCUT2D eigenvalue weighted by atomic mass is 35.5. The molecule has 0 saturated heterocycles. The average Bonchev–Trinajstić information content (AvgIpc) is 2.74. The van der Waals surface area contributed by atoms with Gasteiger partial charge < -0.3 is 16.0 Å². The number of halogens is 1. The van der Waals surface area contributed by atoms with Crippen LogP contribution in [-0.4, -0.2) is 24.4 Å². The molecule has 6 heteroatoms. The Morgan fingerprint density at radius 3 is 2.52 bits per heavy atom. The van der Waals surface area contributed by atoms with E-state index in [1.165, 1.54) is 6.42 Å². The fraction of sp³-hybridized carbons (Fsp3) is 0.391. The van der Waals surface area contributed by atoms with E-state index in [4.69, 9.17) is 11.6 Å². The van der Waals surface area contributed by atoms with Crippen LogP contribution in [-0.2, 0) is 4.79 Å². The van der Waals surface area contributed by atoms with Gasteiger partial charge >= 0.3 is 0 Å². The lowest BCUT2D eigenvalue weighted by atomic mass is 9.95. The second-order valence-electron chi connectivity index (χ2n) is 7.56. The number of hydrogen-bond acceptors (Lipinski definition) is 3. The highest BCUT2D eigenvalue weighted by Gasteiger charge is 2.19. The van der Waals surface area contributed by atoms with E-state index in [9.17, 15) is 9.59 Å².